The van der Waals surface area contributed by atoms with Gasteiger partial charge in [-0.3, -0.25) is 14.4 Å². The fourth-order valence-corrected chi connectivity index (χ4v) is 7.44. The summed E-state index contributed by atoms with van der Waals surface area (Å²) in [5.74, 6) is -0.670. The van der Waals surface area contributed by atoms with Crippen LogP contribution in [0.4, 0.5) is 5.69 Å². The Balaban J connectivity index is 1.55. The SMILES string of the molecule is COc1ccc([C@@H]2[C@@H](C(=O)c3ccc(C)cc3)N3c4ccc(Cl)cc4C=C[C@H]3C23C(=O)c2ccccc2C3=O)cc1OC. The number of ketones is 3. The Morgan fingerprint density at radius 2 is 1.51 bits per heavy atom. The maximum absolute atomic E-state index is 14.8. The molecule has 2 heterocycles. The quantitative estimate of drug-likeness (QED) is 0.185. The van der Waals surface area contributed by atoms with E-state index in [1.54, 1.807) is 61.7 Å². The zero-order chi connectivity index (χ0) is 30.0. The second kappa shape index (κ2) is 9.96. The monoisotopic (exact) mass is 589 g/mol. The topological polar surface area (TPSA) is 72.9 Å². The van der Waals surface area contributed by atoms with Gasteiger partial charge in [-0.15, -0.1) is 0 Å². The van der Waals surface area contributed by atoms with Gasteiger partial charge in [-0.05, 0) is 48.4 Å². The fraction of sp³-hybridized carbons (Fsp3) is 0.194. The van der Waals surface area contributed by atoms with Gasteiger partial charge >= 0.3 is 0 Å². The number of anilines is 1. The summed E-state index contributed by atoms with van der Waals surface area (Å²) in [6, 6.07) is 23.6. The maximum atomic E-state index is 14.8. The highest BCUT2D eigenvalue weighted by atomic mass is 35.5. The molecule has 0 radical (unpaired) electrons. The van der Waals surface area contributed by atoms with Crippen molar-refractivity contribution in [3.8, 4) is 11.5 Å². The lowest BCUT2D eigenvalue weighted by molar-refractivity contribution is 0.0665. The number of carbonyl (C=O) groups is 3. The Morgan fingerprint density at radius 1 is 0.837 bits per heavy atom. The minimum absolute atomic E-state index is 0.186. The van der Waals surface area contributed by atoms with E-state index in [0.29, 0.717) is 38.8 Å². The molecule has 43 heavy (non-hydrogen) atoms. The van der Waals surface area contributed by atoms with Crippen LogP contribution in [0.15, 0.2) is 91.0 Å². The van der Waals surface area contributed by atoms with Crippen molar-refractivity contribution in [3.63, 3.8) is 0 Å². The van der Waals surface area contributed by atoms with Crippen LogP contribution in [-0.2, 0) is 0 Å². The number of aryl methyl sites for hydroxylation is 1. The number of hydrogen-bond acceptors (Lipinski definition) is 6. The minimum Gasteiger partial charge on any atom is -0.493 e. The number of fused-ring (bicyclic) bond motifs is 5. The first-order valence-corrected chi connectivity index (χ1v) is 14.5. The van der Waals surface area contributed by atoms with Crippen LogP contribution < -0.4 is 14.4 Å². The number of rotatable bonds is 5. The van der Waals surface area contributed by atoms with Crippen LogP contribution in [0.5, 0.6) is 11.5 Å². The zero-order valence-electron chi connectivity index (χ0n) is 23.8. The number of methoxy groups -OCH3 is 2. The number of ether oxygens (including phenoxy) is 2. The summed E-state index contributed by atoms with van der Waals surface area (Å²) in [6.07, 6.45) is 3.79. The molecule has 0 saturated carbocycles. The van der Waals surface area contributed by atoms with Gasteiger partial charge in [-0.25, -0.2) is 0 Å². The van der Waals surface area contributed by atoms with Gasteiger partial charge in [0.15, 0.2) is 28.8 Å². The van der Waals surface area contributed by atoms with Crippen LogP contribution in [0, 0.1) is 12.3 Å². The number of carbonyl (C=O) groups excluding carboxylic acids is 3. The third-order valence-electron chi connectivity index (χ3n) is 9.14. The van der Waals surface area contributed by atoms with Gasteiger partial charge in [0.1, 0.15) is 11.5 Å². The number of nitrogens with zero attached hydrogens (tertiary/aromatic N) is 1. The van der Waals surface area contributed by atoms with E-state index in [0.717, 1.165) is 16.8 Å². The van der Waals surface area contributed by atoms with Crippen LogP contribution in [0.3, 0.4) is 0 Å². The summed E-state index contributed by atoms with van der Waals surface area (Å²) in [4.78, 5) is 46.4. The van der Waals surface area contributed by atoms with Crippen LogP contribution in [0.2, 0.25) is 5.02 Å². The molecule has 1 saturated heterocycles. The first-order chi connectivity index (χ1) is 20.8. The molecule has 1 spiro atoms. The number of halogens is 1. The largest absolute Gasteiger partial charge is 0.493 e. The summed E-state index contributed by atoms with van der Waals surface area (Å²) >= 11 is 6.39. The smallest absolute Gasteiger partial charge is 0.185 e. The van der Waals surface area contributed by atoms with E-state index in [9.17, 15) is 14.4 Å². The predicted octanol–water partition coefficient (Wildman–Crippen LogP) is 6.98. The van der Waals surface area contributed by atoms with Crippen molar-refractivity contribution in [1.29, 1.82) is 0 Å². The Morgan fingerprint density at radius 3 is 2.16 bits per heavy atom. The Hall–Kier alpha value is -4.68. The van der Waals surface area contributed by atoms with Crippen molar-refractivity contribution in [2.24, 2.45) is 5.41 Å². The number of Topliss-reactive ketones (excluding diaryl/α,β-unsaturated/α-hetero) is 3. The summed E-state index contributed by atoms with van der Waals surface area (Å²) in [7, 11) is 3.08. The molecule has 6 nitrogen and oxygen atoms in total. The molecule has 0 N–H and O–H groups in total. The Labute approximate surface area is 254 Å². The predicted molar refractivity (Wildman–Crippen MR) is 166 cm³/mol. The van der Waals surface area contributed by atoms with Crippen molar-refractivity contribution in [1.82, 2.24) is 0 Å². The summed E-state index contributed by atoms with van der Waals surface area (Å²) in [5, 5.41) is 0.550. The molecule has 3 atom stereocenters. The third-order valence-corrected chi connectivity index (χ3v) is 9.37. The molecule has 2 aliphatic heterocycles. The fourth-order valence-electron chi connectivity index (χ4n) is 7.26. The molecule has 7 heteroatoms. The molecule has 0 amide bonds. The molecule has 7 rings (SSSR count). The molecule has 1 fully saturated rings. The van der Waals surface area contributed by atoms with Crippen molar-refractivity contribution in [2.75, 3.05) is 19.1 Å². The van der Waals surface area contributed by atoms with E-state index < -0.39 is 23.4 Å². The second-order valence-electron chi connectivity index (χ2n) is 11.3. The summed E-state index contributed by atoms with van der Waals surface area (Å²) in [6.45, 7) is 1.96. The standard InChI is InChI=1S/C36H28ClNO5/c1-20-8-10-21(11-9-20)33(39)32-31(23-12-16-28(42-2)29(19-23)43-3)36(34(40)25-6-4-5-7-26(25)35(36)41)30-17-13-22-18-24(37)14-15-27(22)38(30)32/h4-19,30-32H,1-3H3/t30-,31+,32-/m0/s1. The third kappa shape index (κ3) is 3.76. The zero-order valence-corrected chi connectivity index (χ0v) is 24.6. The lowest BCUT2D eigenvalue weighted by Gasteiger charge is -2.37. The first kappa shape index (κ1) is 27.2. The van der Waals surface area contributed by atoms with E-state index >= 15 is 0 Å². The second-order valence-corrected chi connectivity index (χ2v) is 11.7. The number of hydrogen-bond donors (Lipinski definition) is 0. The Bertz CT molecular complexity index is 1830. The lowest BCUT2D eigenvalue weighted by atomic mass is 9.64. The van der Waals surface area contributed by atoms with Crippen LogP contribution >= 0.6 is 11.6 Å². The molecule has 4 aromatic carbocycles. The summed E-state index contributed by atoms with van der Waals surface area (Å²) in [5.41, 5.74) is 2.83. The number of benzene rings is 4. The van der Waals surface area contributed by atoms with Crippen molar-refractivity contribution in [2.45, 2.75) is 24.9 Å². The van der Waals surface area contributed by atoms with Crippen LogP contribution in [0.1, 0.15) is 53.7 Å². The molecule has 1 aliphatic carbocycles. The molecular formula is C36H28ClNO5. The highest BCUT2D eigenvalue weighted by Gasteiger charge is 2.71. The molecule has 4 aromatic rings. The van der Waals surface area contributed by atoms with E-state index in [-0.39, 0.29) is 17.3 Å². The normalized spacial score (nSPS) is 21.0. The molecule has 3 aliphatic rings. The highest BCUT2D eigenvalue weighted by Crippen LogP contribution is 2.61. The van der Waals surface area contributed by atoms with Gasteiger partial charge in [0.05, 0.1) is 20.3 Å². The first-order valence-electron chi connectivity index (χ1n) is 14.1. The van der Waals surface area contributed by atoms with Crippen molar-refractivity contribution in [3.05, 3.63) is 129 Å². The molecule has 0 unspecified atom stereocenters. The highest BCUT2D eigenvalue weighted by molar-refractivity contribution is 6.32. The maximum Gasteiger partial charge on any atom is 0.185 e. The van der Waals surface area contributed by atoms with Gasteiger partial charge in [0, 0.05) is 33.3 Å². The van der Waals surface area contributed by atoms with Gasteiger partial charge in [-0.1, -0.05) is 83.9 Å². The molecular weight excluding hydrogens is 562 g/mol. The van der Waals surface area contributed by atoms with E-state index in [1.165, 1.54) is 7.11 Å². The van der Waals surface area contributed by atoms with Gasteiger partial charge < -0.3 is 14.4 Å². The Kier molecular flexibility index (Phi) is 6.29. The average molecular weight is 590 g/mol. The summed E-state index contributed by atoms with van der Waals surface area (Å²) < 4.78 is 11.2. The van der Waals surface area contributed by atoms with Crippen molar-refractivity contribution >= 4 is 40.7 Å². The minimum atomic E-state index is -1.61. The molecule has 0 aromatic heterocycles. The van der Waals surface area contributed by atoms with Gasteiger partial charge in [0.25, 0.3) is 0 Å². The van der Waals surface area contributed by atoms with Crippen LogP contribution in [-0.4, -0.2) is 43.7 Å². The van der Waals surface area contributed by atoms with Gasteiger partial charge in [-0.2, -0.15) is 0 Å². The average Bonchev–Trinajstić information content (AvgIpc) is 3.46. The van der Waals surface area contributed by atoms with Gasteiger partial charge in [0.2, 0.25) is 0 Å². The lowest BCUT2D eigenvalue weighted by Crippen LogP contribution is -2.48. The molecule has 214 valence electrons. The molecule has 0 bridgehead atoms. The van der Waals surface area contributed by atoms with E-state index in [2.05, 4.69) is 0 Å². The van der Waals surface area contributed by atoms with Crippen LogP contribution in [0.25, 0.3) is 6.08 Å². The van der Waals surface area contributed by atoms with E-state index in [1.807, 2.05) is 54.3 Å². The van der Waals surface area contributed by atoms with Crippen molar-refractivity contribution < 1.29 is 23.9 Å². The van der Waals surface area contributed by atoms with E-state index in [4.69, 9.17) is 21.1 Å².